The number of rotatable bonds is 2. The first-order valence-electron chi connectivity index (χ1n) is 5.71. The van der Waals surface area contributed by atoms with Crippen molar-refractivity contribution in [3.63, 3.8) is 0 Å². The van der Waals surface area contributed by atoms with Crippen molar-refractivity contribution in [2.45, 2.75) is 6.92 Å². The van der Waals surface area contributed by atoms with Crippen LogP contribution in [0.4, 0.5) is 4.39 Å². The summed E-state index contributed by atoms with van der Waals surface area (Å²) in [5.74, 6) is -0.372. The molecule has 0 amide bonds. The highest BCUT2D eigenvalue weighted by Gasteiger charge is 2.03. The first-order valence-corrected chi connectivity index (χ1v) is 5.71. The highest BCUT2D eigenvalue weighted by Crippen LogP contribution is 2.19. The molecule has 4 heteroatoms. The number of aldehydes is 1. The largest absolute Gasteiger partial charge is 0.388 e. The molecular weight excluding hydrogens is 245 g/mol. The average Bonchev–Trinajstić information content (AvgIpc) is 2.37. The summed E-state index contributed by atoms with van der Waals surface area (Å²) in [5, 5.41) is 0.859. The third kappa shape index (κ3) is 4.26. The second-order valence-electron chi connectivity index (χ2n) is 3.92. The number of carbonyl (C=O) groups is 1. The predicted octanol–water partition coefficient (Wildman–Crippen LogP) is 3.16. The summed E-state index contributed by atoms with van der Waals surface area (Å²) >= 11 is 0. The van der Waals surface area contributed by atoms with Crippen molar-refractivity contribution < 1.29 is 13.9 Å². The molecule has 0 radical (unpaired) electrons. The molecular formula is C15H16FNO2. The molecule has 0 bridgehead atoms. The minimum atomic E-state index is -0.372. The molecule has 0 aliphatic rings. The summed E-state index contributed by atoms with van der Waals surface area (Å²) < 4.78 is 17.8. The first kappa shape index (κ1) is 15.0. The van der Waals surface area contributed by atoms with E-state index in [0.717, 1.165) is 11.1 Å². The minimum Gasteiger partial charge on any atom is -0.388 e. The van der Waals surface area contributed by atoms with Gasteiger partial charge in [0, 0.05) is 36.9 Å². The number of fused-ring (bicyclic) bond motifs is 1. The normalized spacial score (nSPS) is 10.3. The average molecular weight is 261 g/mol. The maximum absolute atomic E-state index is 13.6. The number of hydrogen-bond donors (Lipinski definition) is 0. The molecule has 1 aromatic carbocycles. The molecule has 0 saturated carbocycles. The molecule has 0 aliphatic carbocycles. The van der Waals surface area contributed by atoms with Gasteiger partial charge >= 0.3 is 0 Å². The van der Waals surface area contributed by atoms with Gasteiger partial charge in [-0.25, -0.2) is 4.39 Å². The van der Waals surface area contributed by atoms with Crippen molar-refractivity contribution in [2.75, 3.05) is 14.2 Å². The second kappa shape index (κ2) is 7.38. The summed E-state index contributed by atoms with van der Waals surface area (Å²) in [5.41, 5.74) is 1.87. The van der Waals surface area contributed by atoms with Crippen LogP contribution in [0.25, 0.3) is 17.0 Å². The Morgan fingerprint density at radius 2 is 1.95 bits per heavy atom. The zero-order valence-corrected chi connectivity index (χ0v) is 11.2. The fourth-order valence-corrected chi connectivity index (χ4v) is 1.54. The van der Waals surface area contributed by atoms with E-state index in [1.807, 2.05) is 19.1 Å². The molecule has 0 N–H and O–H groups in total. The van der Waals surface area contributed by atoms with Crippen LogP contribution in [0.3, 0.4) is 0 Å². The fraction of sp³-hybridized carbons (Fsp3) is 0.200. The molecule has 19 heavy (non-hydrogen) atoms. The summed E-state index contributed by atoms with van der Waals surface area (Å²) in [6, 6.07) is 6.81. The van der Waals surface area contributed by atoms with Crippen molar-refractivity contribution in [3.8, 4) is 0 Å². The van der Waals surface area contributed by atoms with E-state index in [4.69, 9.17) is 0 Å². The third-order valence-corrected chi connectivity index (χ3v) is 2.30. The number of nitrogens with zero attached hydrogens (tertiary/aromatic N) is 1. The van der Waals surface area contributed by atoms with Gasteiger partial charge in [-0.15, -0.1) is 0 Å². The van der Waals surface area contributed by atoms with Crippen LogP contribution in [0.15, 0.2) is 30.3 Å². The fourth-order valence-electron chi connectivity index (χ4n) is 1.54. The predicted molar refractivity (Wildman–Crippen MR) is 74.5 cm³/mol. The molecule has 1 aromatic heterocycles. The maximum atomic E-state index is 13.6. The number of pyridine rings is 1. The molecule has 2 rings (SSSR count). The molecule has 100 valence electrons. The molecule has 2 aromatic rings. The number of aromatic nitrogens is 1. The van der Waals surface area contributed by atoms with E-state index in [1.54, 1.807) is 20.3 Å². The zero-order chi connectivity index (χ0) is 14.3. The van der Waals surface area contributed by atoms with Gasteiger partial charge in [-0.05, 0) is 31.2 Å². The van der Waals surface area contributed by atoms with Crippen LogP contribution < -0.4 is 0 Å². The van der Waals surface area contributed by atoms with Crippen molar-refractivity contribution in [1.82, 2.24) is 4.98 Å². The maximum Gasteiger partial charge on any atom is 0.142 e. The smallest absolute Gasteiger partial charge is 0.142 e. The van der Waals surface area contributed by atoms with Crippen molar-refractivity contribution >= 4 is 23.3 Å². The Morgan fingerprint density at radius 3 is 2.58 bits per heavy atom. The van der Waals surface area contributed by atoms with Crippen LogP contribution in [0.1, 0.15) is 11.3 Å². The molecule has 0 spiro atoms. The van der Waals surface area contributed by atoms with Gasteiger partial charge in [0.2, 0.25) is 0 Å². The van der Waals surface area contributed by atoms with Gasteiger partial charge in [0.1, 0.15) is 12.1 Å². The molecule has 0 unspecified atom stereocenters. The monoisotopic (exact) mass is 261 g/mol. The molecule has 1 heterocycles. The van der Waals surface area contributed by atoms with Gasteiger partial charge < -0.3 is 4.74 Å². The number of halogens is 1. The Bertz CT molecular complexity index is 594. The number of hydrogen-bond acceptors (Lipinski definition) is 3. The van der Waals surface area contributed by atoms with Crippen LogP contribution in [0.5, 0.6) is 0 Å². The minimum absolute atomic E-state index is 0.372. The lowest BCUT2D eigenvalue weighted by Gasteiger charge is -2.02. The highest BCUT2D eigenvalue weighted by molar-refractivity contribution is 5.83. The quantitative estimate of drug-likeness (QED) is 0.615. The van der Waals surface area contributed by atoms with E-state index in [0.29, 0.717) is 17.4 Å². The van der Waals surface area contributed by atoms with E-state index >= 15 is 0 Å². The van der Waals surface area contributed by atoms with Crippen LogP contribution in [0, 0.1) is 12.7 Å². The van der Waals surface area contributed by atoms with E-state index in [-0.39, 0.29) is 5.82 Å². The third-order valence-electron chi connectivity index (χ3n) is 2.30. The number of benzene rings is 1. The first-order chi connectivity index (χ1) is 9.12. The van der Waals surface area contributed by atoms with Gasteiger partial charge in [-0.3, -0.25) is 9.78 Å². The lowest BCUT2D eigenvalue weighted by Crippen LogP contribution is -1.88. The van der Waals surface area contributed by atoms with Gasteiger partial charge in [0.05, 0.1) is 5.52 Å². The number of carbonyl (C=O) groups excluding carboxylic acids is 1. The van der Waals surface area contributed by atoms with E-state index in [2.05, 4.69) is 9.72 Å². The molecule has 3 nitrogen and oxygen atoms in total. The summed E-state index contributed by atoms with van der Waals surface area (Å²) in [6.45, 7) is 1.86. The van der Waals surface area contributed by atoms with Gasteiger partial charge in [0.25, 0.3) is 0 Å². The number of allylic oxidation sites excluding steroid dienone is 1. The number of aryl methyl sites for hydroxylation is 1. The Morgan fingerprint density at radius 1 is 1.26 bits per heavy atom. The number of ether oxygens (including phenoxy) is 1. The van der Waals surface area contributed by atoms with Crippen molar-refractivity contribution in [2.24, 2.45) is 0 Å². The number of methoxy groups -OCH3 is 1. The summed E-state index contributed by atoms with van der Waals surface area (Å²) in [4.78, 5) is 14.4. The van der Waals surface area contributed by atoms with Crippen LogP contribution in [0.2, 0.25) is 0 Å². The van der Waals surface area contributed by atoms with Crippen molar-refractivity contribution in [1.29, 1.82) is 0 Å². The lowest BCUT2D eigenvalue weighted by atomic mass is 10.1. The van der Waals surface area contributed by atoms with E-state index in [1.165, 1.54) is 18.2 Å². The molecule has 0 aliphatic heterocycles. The van der Waals surface area contributed by atoms with Gasteiger partial charge in [0.15, 0.2) is 0 Å². The van der Waals surface area contributed by atoms with Crippen molar-refractivity contribution in [3.05, 3.63) is 47.4 Å². The van der Waals surface area contributed by atoms with E-state index in [9.17, 15) is 9.18 Å². The Hall–Kier alpha value is -2.07. The molecule has 0 atom stereocenters. The summed E-state index contributed by atoms with van der Waals surface area (Å²) in [7, 11) is 3.25. The highest BCUT2D eigenvalue weighted by atomic mass is 19.1. The standard InChI is InChI=1S/C13H10FNO.C2H6O/c1-9-4-5-11-7-10(3-2-6-16)12(14)8-13(11)15-9;1-3-2/h2-8H,1H3;1-2H3/b3-2+;. The van der Waals surface area contributed by atoms with Crippen LogP contribution >= 0.6 is 0 Å². The molecule has 0 fully saturated rings. The summed E-state index contributed by atoms with van der Waals surface area (Å²) in [6.07, 6.45) is 3.34. The Kier molecular flexibility index (Phi) is 5.82. The molecule has 0 saturated heterocycles. The lowest BCUT2D eigenvalue weighted by molar-refractivity contribution is -0.104. The second-order valence-corrected chi connectivity index (χ2v) is 3.92. The van der Waals surface area contributed by atoms with Crippen LogP contribution in [-0.2, 0) is 9.53 Å². The Labute approximate surface area is 111 Å². The van der Waals surface area contributed by atoms with Crippen LogP contribution in [-0.4, -0.2) is 25.5 Å². The van der Waals surface area contributed by atoms with Gasteiger partial charge in [-0.1, -0.05) is 6.07 Å². The topological polar surface area (TPSA) is 39.2 Å². The SMILES string of the molecule is COC.Cc1ccc2cc(/C=C/C=O)c(F)cc2n1. The zero-order valence-electron chi connectivity index (χ0n) is 11.2. The van der Waals surface area contributed by atoms with E-state index < -0.39 is 0 Å². The van der Waals surface area contributed by atoms with Gasteiger partial charge in [-0.2, -0.15) is 0 Å². The Balaban J connectivity index is 0.000000550.